The fraction of sp³-hybridized carbons (Fsp3) is 0.667. The minimum absolute atomic E-state index is 0.165. The van der Waals surface area contributed by atoms with E-state index in [4.69, 9.17) is 23.7 Å². The Morgan fingerprint density at radius 3 is 2.12 bits per heavy atom. The van der Waals surface area contributed by atoms with Crippen molar-refractivity contribution in [2.24, 2.45) is 0 Å². The van der Waals surface area contributed by atoms with E-state index in [1.54, 1.807) is 0 Å². The second-order valence-corrected chi connectivity index (χ2v) is 5.97. The number of alkyl halides is 1. The van der Waals surface area contributed by atoms with Crippen LogP contribution in [0.15, 0.2) is 12.7 Å². The highest BCUT2D eigenvalue weighted by molar-refractivity contribution is 9.09. The summed E-state index contributed by atoms with van der Waals surface area (Å²) in [6.07, 6.45) is -1.98. The highest BCUT2D eigenvalue weighted by atomic mass is 79.9. The molecule has 0 amide bonds. The van der Waals surface area contributed by atoms with Gasteiger partial charge in [0, 0.05) is 20.8 Å². The molecule has 0 bridgehead atoms. The minimum Gasteiger partial charge on any atom is -0.463 e. The molecule has 24 heavy (non-hydrogen) atoms. The van der Waals surface area contributed by atoms with Crippen molar-refractivity contribution in [2.45, 2.75) is 50.2 Å². The predicted molar refractivity (Wildman–Crippen MR) is 85.3 cm³/mol. The number of carbonyl (C=O) groups excluding carboxylic acids is 3. The maximum atomic E-state index is 11.5. The van der Waals surface area contributed by atoms with Gasteiger partial charge in [0.2, 0.25) is 0 Å². The molecule has 0 aliphatic carbocycles. The van der Waals surface area contributed by atoms with E-state index in [0.29, 0.717) is 0 Å². The highest BCUT2D eigenvalue weighted by Crippen LogP contribution is 2.31. The van der Waals surface area contributed by atoms with E-state index in [0.717, 1.165) is 0 Å². The van der Waals surface area contributed by atoms with Crippen molar-refractivity contribution in [3.63, 3.8) is 0 Å². The Labute approximate surface area is 148 Å². The van der Waals surface area contributed by atoms with E-state index in [-0.39, 0.29) is 13.2 Å². The van der Waals surface area contributed by atoms with Crippen molar-refractivity contribution in [1.29, 1.82) is 0 Å². The fourth-order valence-corrected chi connectivity index (χ4v) is 2.94. The van der Waals surface area contributed by atoms with Gasteiger partial charge in [0.1, 0.15) is 23.8 Å². The van der Waals surface area contributed by atoms with Crippen molar-refractivity contribution in [1.82, 2.24) is 0 Å². The Hall–Kier alpha value is -1.45. The summed E-state index contributed by atoms with van der Waals surface area (Å²) in [6.45, 7) is 7.26. The lowest BCUT2D eigenvalue weighted by atomic mass is 9.99. The van der Waals surface area contributed by atoms with Crippen LogP contribution in [0.4, 0.5) is 0 Å². The molecule has 1 aliphatic rings. The average Bonchev–Trinajstić information content (AvgIpc) is 2.46. The molecule has 0 radical (unpaired) electrons. The van der Waals surface area contributed by atoms with Gasteiger partial charge in [-0.1, -0.05) is 22.0 Å². The van der Waals surface area contributed by atoms with Crippen LogP contribution >= 0.6 is 15.9 Å². The van der Waals surface area contributed by atoms with Crippen molar-refractivity contribution in [2.75, 3.05) is 13.2 Å². The largest absolute Gasteiger partial charge is 0.463 e. The number of carbonyl (C=O) groups is 3. The summed E-state index contributed by atoms with van der Waals surface area (Å²) in [5.41, 5.74) is 0. The molecule has 8 nitrogen and oxygen atoms in total. The van der Waals surface area contributed by atoms with E-state index in [9.17, 15) is 14.4 Å². The lowest BCUT2D eigenvalue weighted by Gasteiger charge is -2.43. The van der Waals surface area contributed by atoms with E-state index in [2.05, 4.69) is 22.5 Å². The van der Waals surface area contributed by atoms with Gasteiger partial charge < -0.3 is 23.7 Å². The molecule has 5 atom stereocenters. The third kappa shape index (κ3) is 6.21. The number of esters is 3. The van der Waals surface area contributed by atoms with Gasteiger partial charge in [0.15, 0.2) is 12.2 Å². The molecule has 0 N–H and O–H groups in total. The number of hydrogen-bond donors (Lipinski definition) is 0. The SMILES string of the molecule is C=CCO[C@@H]1[C@@H](OC(C)=O)[C@@H](OC(C)=O)[C@@H](COC(C)=O)O[C@@H]1Br. The zero-order valence-electron chi connectivity index (χ0n) is 13.7. The number of hydrogen-bond acceptors (Lipinski definition) is 8. The Bertz CT molecular complexity index is 480. The third-order valence-corrected chi connectivity index (χ3v) is 3.78. The maximum absolute atomic E-state index is 11.5. The van der Waals surface area contributed by atoms with E-state index in [1.165, 1.54) is 26.8 Å². The monoisotopic (exact) mass is 408 g/mol. The van der Waals surface area contributed by atoms with Gasteiger partial charge >= 0.3 is 17.9 Å². The summed E-state index contributed by atoms with van der Waals surface area (Å²) in [6, 6.07) is 0. The average molecular weight is 409 g/mol. The molecule has 0 aromatic heterocycles. The van der Waals surface area contributed by atoms with Crippen LogP contribution < -0.4 is 0 Å². The van der Waals surface area contributed by atoms with Gasteiger partial charge in [-0.05, 0) is 0 Å². The molecule has 136 valence electrons. The van der Waals surface area contributed by atoms with Crippen LogP contribution in [-0.2, 0) is 38.1 Å². The van der Waals surface area contributed by atoms with Crippen LogP contribution in [0.3, 0.4) is 0 Å². The summed E-state index contributed by atoms with van der Waals surface area (Å²) in [4.78, 5) is 33.9. The minimum atomic E-state index is -0.991. The van der Waals surface area contributed by atoms with Gasteiger partial charge in [-0.15, -0.1) is 6.58 Å². The van der Waals surface area contributed by atoms with Gasteiger partial charge in [-0.3, -0.25) is 14.4 Å². The molecule has 0 unspecified atom stereocenters. The quantitative estimate of drug-likeness (QED) is 0.267. The second-order valence-electron chi connectivity index (χ2n) is 5.06. The van der Waals surface area contributed by atoms with E-state index in [1.807, 2.05) is 0 Å². The zero-order valence-corrected chi connectivity index (χ0v) is 15.3. The molecule has 1 rings (SSSR count). The fourth-order valence-electron chi connectivity index (χ4n) is 2.21. The first kappa shape index (κ1) is 20.6. The van der Waals surface area contributed by atoms with E-state index >= 15 is 0 Å². The Kier molecular flexibility index (Phi) is 8.37. The highest BCUT2D eigenvalue weighted by Gasteiger charge is 2.50. The van der Waals surface area contributed by atoms with Gasteiger partial charge in [0.05, 0.1) is 6.61 Å². The van der Waals surface area contributed by atoms with E-state index < -0.39 is 47.3 Å². The van der Waals surface area contributed by atoms with Gasteiger partial charge in [-0.25, -0.2) is 0 Å². The Morgan fingerprint density at radius 2 is 1.62 bits per heavy atom. The topological polar surface area (TPSA) is 97.4 Å². The van der Waals surface area contributed by atoms with Crippen LogP contribution in [0, 0.1) is 0 Å². The molecule has 1 heterocycles. The molecular formula is C15H21BrO8. The predicted octanol–water partition coefficient (Wildman–Crippen LogP) is 1.10. The normalized spacial score (nSPS) is 29.4. The van der Waals surface area contributed by atoms with Crippen molar-refractivity contribution >= 4 is 33.8 Å². The van der Waals surface area contributed by atoms with Gasteiger partial charge in [0.25, 0.3) is 0 Å². The maximum Gasteiger partial charge on any atom is 0.303 e. The number of halogens is 1. The first-order valence-corrected chi connectivity index (χ1v) is 8.17. The number of rotatable bonds is 7. The van der Waals surface area contributed by atoms with Crippen molar-refractivity contribution in [3.05, 3.63) is 12.7 Å². The Balaban J connectivity index is 3.06. The summed E-state index contributed by atoms with van der Waals surface area (Å²) in [5.74, 6) is -1.68. The smallest absolute Gasteiger partial charge is 0.303 e. The molecule has 1 fully saturated rings. The summed E-state index contributed by atoms with van der Waals surface area (Å²) >= 11 is 3.30. The molecule has 1 aliphatic heterocycles. The summed E-state index contributed by atoms with van der Waals surface area (Å²) < 4.78 is 26.7. The molecule has 0 aromatic carbocycles. The Morgan fingerprint density at radius 1 is 1.04 bits per heavy atom. The van der Waals surface area contributed by atoms with Crippen molar-refractivity contribution in [3.8, 4) is 0 Å². The summed E-state index contributed by atoms with van der Waals surface area (Å²) in [5, 5.41) is -0.672. The van der Waals surface area contributed by atoms with Crippen LogP contribution in [-0.4, -0.2) is 60.6 Å². The van der Waals surface area contributed by atoms with Crippen LogP contribution in [0.2, 0.25) is 0 Å². The van der Waals surface area contributed by atoms with Crippen LogP contribution in [0.25, 0.3) is 0 Å². The number of ether oxygens (including phenoxy) is 5. The second kappa shape index (κ2) is 9.75. The zero-order chi connectivity index (χ0) is 18.3. The van der Waals surface area contributed by atoms with Crippen LogP contribution in [0.5, 0.6) is 0 Å². The lowest BCUT2D eigenvalue weighted by Crippen LogP contribution is -2.60. The molecule has 0 spiro atoms. The first-order valence-electron chi connectivity index (χ1n) is 7.26. The summed E-state index contributed by atoms with van der Waals surface area (Å²) in [7, 11) is 0. The molecular weight excluding hydrogens is 388 g/mol. The van der Waals surface area contributed by atoms with Crippen LogP contribution in [0.1, 0.15) is 20.8 Å². The molecule has 0 saturated carbocycles. The molecule has 1 saturated heterocycles. The molecule has 9 heteroatoms. The third-order valence-electron chi connectivity index (χ3n) is 3.04. The lowest BCUT2D eigenvalue weighted by molar-refractivity contribution is -0.237. The van der Waals surface area contributed by atoms with Crippen molar-refractivity contribution < 1.29 is 38.1 Å². The molecule has 0 aromatic rings. The standard InChI is InChI=1S/C15H21BrO8/c1-5-6-20-14-13(23-10(4)19)12(22-9(3)18)11(24-15(14)16)7-21-8(2)17/h5,11-15H,1,6-7H2,2-4H3/t11-,12+,13+,14-,15+/m1/s1. The van der Waals surface area contributed by atoms with Gasteiger partial charge in [-0.2, -0.15) is 0 Å². The first-order chi connectivity index (χ1) is 11.3.